The molecule has 2 aliphatic heterocycles. The number of piperidine rings is 1. The van der Waals surface area contributed by atoms with Crippen LogP contribution < -0.4 is 10.1 Å². The van der Waals surface area contributed by atoms with Crippen LogP contribution in [-0.4, -0.2) is 43.1 Å². The van der Waals surface area contributed by atoms with E-state index in [0.29, 0.717) is 11.8 Å². The molecule has 2 fully saturated rings. The number of amides is 1. The van der Waals surface area contributed by atoms with Crippen molar-refractivity contribution in [3.05, 3.63) is 30.3 Å². The minimum absolute atomic E-state index is 0.164. The number of hydrogen-bond donors (Lipinski definition) is 1. The molecule has 0 radical (unpaired) electrons. The van der Waals surface area contributed by atoms with Crippen molar-refractivity contribution in [1.82, 2.24) is 10.2 Å². The van der Waals surface area contributed by atoms with Crippen LogP contribution in [0.4, 0.5) is 0 Å². The lowest BCUT2D eigenvalue weighted by Gasteiger charge is -2.34. The van der Waals surface area contributed by atoms with Gasteiger partial charge in [-0.25, -0.2) is 0 Å². The van der Waals surface area contributed by atoms with Crippen LogP contribution >= 0.6 is 0 Å². The lowest BCUT2D eigenvalue weighted by Crippen LogP contribution is -2.45. The summed E-state index contributed by atoms with van der Waals surface area (Å²) in [5, 5.41) is 3.31. The topological polar surface area (TPSA) is 41.6 Å². The predicted octanol–water partition coefficient (Wildman–Crippen LogP) is 1.91. The van der Waals surface area contributed by atoms with Crippen LogP contribution in [0.15, 0.2) is 30.3 Å². The maximum absolute atomic E-state index is 12.5. The first-order chi connectivity index (χ1) is 10.2. The Morgan fingerprint density at radius 1 is 1.19 bits per heavy atom. The van der Waals surface area contributed by atoms with Gasteiger partial charge >= 0.3 is 0 Å². The summed E-state index contributed by atoms with van der Waals surface area (Å²) in [6.07, 6.45) is 2.08. The van der Waals surface area contributed by atoms with Crippen molar-refractivity contribution in [2.24, 2.45) is 11.8 Å². The number of likely N-dealkylation sites (tertiary alicyclic amines) is 1. The van der Waals surface area contributed by atoms with Crippen molar-refractivity contribution in [3.8, 4) is 5.75 Å². The highest BCUT2D eigenvalue weighted by Crippen LogP contribution is 2.23. The summed E-state index contributed by atoms with van der Waals surface area (Å²) in [6, 6.07) is 9.95. The number of carbonyl (C=O) groups is 1. The molecule has 2 atom stereocenters. The van der Waals surface area contributed by atoms with E-state index in [4.69, 9.17) is 4.74 Å². The van der Waals surface area contributed by atoms with Gasteiger partial charge in [0, 0.05) is 32.5 Å². The molecule has 4 nitrogen and oxygen atoms in total. The zero-order valence-corrected chi connectivity index (χ0v) is 12.6. The zero-order valence-electron chi connectivity index (χ0n) is 12.6. The second kappa shape index (κ2) is 6.48. The van der Waals surface area contributed by atoms with Crippen molar-refractivity contribution in [3.63, 3.8) is 0 Å². The summed E-state index contributed by atoms with van der Waals surface area (Å²) in [7, 11) is 0. The number of para-hydroxylation sites is 1. The quantitative estimate of drug-likeness (QED) is 0.924. The molecule has 0 unspecified atom stereocenters. The Balaban J connectivity index is 1.50. The number of carbonyl (C=O) groups excluding carboxylic acids is 1. The summed E-state index contributed by atoms with van der Waals surface area (Å²) in [4.78, 5) is 14.5. The maximum atomic E-state index is 12.5. The van der Waals surface area contributed by atoms with Gasteiger partial charge in [0.15, 0.2) is 0 Å². The molecule has 0 aromatic heterocycles. The first-order valence-corrected chi connectivity index (χ1v) is 7.95. The molecule has 0 saturated carbocycles. The summed E-state index contributed by atoms with van der Waals surface area (Å²) < 4.78 is 5.98. The van der Waals surface area contributed by atoms with Crippen LogP contribution in [0.3, 0.4) is 0 Å². The van der Waals surface area contributed by atoms with Gasteiger partial charge in [-0.1, -0.05) is 25.1 Å². The second-order valence-electron chi connectivity index (χ2n) is 6.20. The van der Waals surface area contributed by atoms with Crippen LogP contribution in [0.5, 0.6) is 5.75 Å². The average molecular weight is 288 g/mol. The number of hydrogen-bond acceptors (Lipinski definition) is 3. The first-order valence-electron chi connectivity index (χ1n) is 7.95. The first kappa shape index (κ1) is 14.4. The van der Waals surface area contributed by atoms with Crippen molar-refractivity contribution in [2.45, 2.75) is 25.9 Å². The van der Waals surface area contributed by atoms with Gasteiger partial charge in [-0.05, 0) is 24.6 Å². The Morgan fingerprint density at radius 3 is 2.52 bits per heavy atom. The second-order valence-corrected chi connectivity index (χ2v) is 6.20. The molecule has 1 aromatic rings. The highest BCUT2D eigenvalue weighted by atomic mass is 16.5. The van der Waals surface area contributed by atoms with Gasteiger partial charge in [0.25, 0.3) is 0 Å². The molecule has 0 aliphatic carbocycles. The van der Waals surface area contributed by atoms with Gasteiger partial charge in [0.05, 0.1) is 5.92 Å². The summed E-state index contributed by atoms with van der Waals surface area (Å²) in [5.41, 5.74) is 0. The van der Waals surface area contributed by atoms with Crippen LogP contribution in [0.25, 0.3) is 0 Å². The van der Waals surface area contributed by atoms with Gasteiger partial charge in [-0.2, -0.15) is 0 Å². The van der Waals surface area contributed by atoms with E-state index in [0.717, 1.165) is 44.8 Å². The number of rotatable bonds is 3. The molecule has 0 spiro atoms. The van der Waals surface area contributed by atoms with E-state index < -0.39 is 0 Å². The van der Waals surface area contributed by atoms with E-state index in [1.165, 1.54) is 0 Å². The molecule has 2 saturated heterocycles. The minimum atomic E-state index is 0.164. The third-order valence-corrected chi connectivity index (χ3v) is 4.63. The molecule has 1 N–H and O–H groups in total. The SMILES string of the molecule is C[C@@H]1CNC[C@H]1C(=O)N1CCC(Oc2ccccc2)CC1. The Morgan fingerprint density at radius 2 is 1.90 bits per heavy atom. The Bertz CT molecular complexity index is 469. The van der Waals surface area contributed by atoms with Crippen LogP contribution in [0.2, 0.25) is 0 Å². The largest absolute Gasteiger partial charge is 0.490 e. The molecule has 2 heterocycles. The van der Waals surface area contributed by atoms with Crippen molar-refractivity contribution < 1.29 is 9.53 Å². The van der Waals surface area contributed by atoms with Crippen LogP contribution in [0.1, 0.15) is 19.8 Å². The van der Waals surface area contributed by atoms with E-state index in [1.54, 1.807) is 0 Å². The fraction of sp³-hybridized carbons (Fsp3) is 0.588. The fourth-order valence-electron chi connectivity index (χ4n) is 3.26. The monoisotopic (exact) mass is 288 g/mol. The lowest BCUT2D eigenvalue weighted by atomic mass is 9.95. The Kier molecular flexibility index (Phi) is 4.44. The lowest BCUT2D eigenvalue weighted by molar-refractivity contribution is -0.137. The van der Waals surface area contributed by atoms with E-state index in [1.807, 2.05) is 35.2 Å². The van der Waals surface area contributed by atoms with Crippen molar-refractivity contribution in [2.75, 3.05) is 26.2 Å². The van der Waals surface area contributed by atoms with Crippen molar-refractivity contribution in [1.29, 1.82) is 0 Å². The molecule has 1 amide bonds. The van der Waals surface area contributed by atoms with Crippen LogP contribution in [0, 0.1) is 11.8 Å². The highest BCUT2D eigenvalue weighted by Gasteiger charge is 2.34. The van der Waals surface area contributed by atoms with E-state index in [2.05, 4.69) is 12.2 Å². The molecular formula is C17H24N2O2. The van der Waals surface area contributed by atoms with Crippen LogP contribution in [-0.2, 0) is 4.79 Å². The number of benzene rings is 1. The smallest absolute Gasteiger partial charge is 0.227 e. The molecule has 4 heteroatoms. The third kappa shape index (κ3) is 3.38. The Hall–Kier alpha value is -1.55. The zero-order chi connectivity index (χ0) is 14.7. The number of nitrogens with one attached hydrogen (secondary N) is 1. The highest BCUT2D eigenvalue weighted by molar-refractivity contribution is 5.79. The maximum Gasteiger partial charge on any atom is 0.227 e. The predicted molar refractivity (Wildman–Crippen MR) is 82.2 cm³/mol. The molecule has 114 valence electrons. The van der Waals surface area contributed by atoms with E-state index in [9.17, 15) is 4.79 Å². The average Bonchev–Trinajstić information content (AvgIpc) is 2.94. The molecule has 2 aliphatic rings. The van der Waals surface area contributed by atoms with E-state index in [-0.39, 0.29) is 12.0 Å². The number of nitrogens with zero attached hydrogens (tertiary/aromatic N) is 1. The van der Waals surface area contributed by atoms with Gasteiger partial charge in [-0.3, -0.25) is 4.79 Å². The van der Waals surface area contributed by atoms with Gasteiger partial charge in [-0.15, -0.1) is 0 Å². The Labute approximate surface area is 126 Å². The third-order valence-electron chi connectivity index (χ3n) is 4.63. The van der Waals surface area contributed by atoms with Gasteiger partial charge in [0.2, 0.25) is 5.91 Å². The molecule has 21 heavy (non-hydrogen) atoms. The minimum Gasteiger partial charge on any atom is -0.490 e. The standard InChI is InChI=1S/C17H24N2O2/c1-13-11-18-12-16(13)17(20)19-9-7-15(8-10-19)21-14-5-3-2-4-6-14/h2-6,13,15-16,18H,7-12H2,1H3/t13-,16-/m1/s1. The van der Waals surface area contributed by atoms with Crippen molar-refractivity contribution >= 4 is 5.91 Å². The summed E-state index contributed by atoms with van der Waals surface area (Å²) in [5.74, 6) is 1.87. The van der Waals surface area contributed by atoms with Gasteiger partial charge < -0.3 is 15.0 Å². The molecular weight excluding hydrogens is 264 g/mol. The molecule has 1 aromatic carbocycles. The summed E-state index contributed by atoms with van der Waals surface area (Å²) >= 11 is 0. The number of ether oxygens (including phenoxy) is 1. The summed E-state index contributed by atoms with van der Waals surface area (Å²) in [6.45, 7) is 5.59. The van der Waals surface area contributed by atoms with Gasteiger partial charge in [0.1, 0.15) is 11.9 Å². The fourth-order valence-corrected chi connectivity index (χ4v) is 3.26. The molecule has 0 bridgehead atoms. The molecule has 3 rings (SSSR count). The normalized spacial score (nSPS) is 26.8. The van der Waals surface area contributed by atoms with E-state index >= 15 is 0 Å².